The quantitative estimate of drug-likeness (QED) is 0.554. The van der Waals surface area contributed by atoms with Crippen molar-refractivity contribution in [1.29, 1.82) is 0 Å². The van der Waals surface area contributed by atoms with Gasteiger partial charge in [-0.1, -0.05) is 51.2 Å². The van der Waals surface area contributed by atoms with Crippen molar-refractivity contribution >= 4 is 12.6 Å². The fourth-order valence-electron chi connectivity index (χ4n) is 3.10. The Kier molecular flexibility index (Phi) is 6.28. The van der Waals surface area contributed by atoms with E-state index in [4.69, 9.17) is 4.74 Å². The Bertz CT molecular complexity index is 377. The molecule has 0 N–H and O–H groups in total. The molecule has 0 atom stereocenters. The first-order valence-corrected chi connectivity index (χ1v) is 8.74. The lowest BCUT2D eigenvalue weighted by Crippen LogP contribution is -2.30. The van der Waals surface area contributed by atoms with Gasteiger partial charge in [-0.25, -0.2) is 0 Å². The van der Waals surface area contributed by atoms with Crippen LogP contribution in [0.2, 0.25) is 0 Å². The number of hydrogen-bond donors (Lipinski definition) is 1. The molecule has 1 aliphatic rings. The number of rotatable bonds is 6. The molecule has 0 unspecified atom stereocenters. The van der Waals surface area contributed by atoms with Gasteiger partial charge in [-0.05, 0) is 42.7 Å². The van der Waals surface area contributed by atoms with Crippen LogP contribution >= 0.6 is 12.6 Å². The van der Waals surface area contributed by atoms with Crippen LogP contribution in [0.4, 0.5) is 0 Å². The van der Waals surface area contributed by atoms with E-state index >= 15 is 0 Å². The Hall–Kier alpha value is -0.630. The van der Waals surface area contributed by atoms with Gasteiger partial charge in [0, 0.05) is 5.41 Å². The summed E-state index contributed by atoms with van der Waals surface area (Å²) in [4.78, 5) is 0. The maximum Gasteiger partial charge on any atom is 0.119 e. The van der Waals surface area contributed by atoms with E-state index in [9.17, 15) is 0 Å². The predicted molar refractivity (Wildman–Crippen MR) is 89.9 cm³/mol. The molecule has 0 bridgehead atoms. The van der Waals surface area contributed by atoms with Crippen molar-refractivity contribution in [2.24, 2.45) is 5.41 Å². The van der Waals surface area contributed by atoms with Crippen LogP contribution in [0.1, 0.15) is 57.4 Å². The zero-order valence-corrected chi connectivity index (χ0v) is 13.6. The molecule has 1 fully saturated rings. The van der Waals surface area contributed by atoms with E-state index in [2.05, 4.69) is 43.8 Å². The number of aryl methyl sites for hydroxylation is 1. The van der Waals surface area contributed by atoms with Gasteiger partial charge in [0.05, 0.1) is 6.61 Å². The maximum atomic E-state index is 6.08. The standard InChI is InChI=1S/C18H28OS/c1-2-7-16-8-10-17(11-9-16)19-14-18(15-20)12-5-3-4-6-13-18/h8-11,20H,2-7,12-15H2,1H3. The minimum atomic E-state index is 0.293. The average molecular weight is 292 g/mol. The molecule has 1 aromatic rings. The van der Waals surface area contributed by atoms with Gasteiger partial charge in [0.15, 0.2) is 0 Å². The lowest BCUT2D eigenvalue weighted by molar-refractivity contribution is 0.148. The maximum absolute atomic E-state index is 6.08. The van der Waals surface area contributed by atoms with Crippen molar-refractivity contribution in [1.82, 2.24) is 0 Å². The SMILES string of the molecule is CCCc1ccc(OCC2(CS)CCCCCC2)cc1. The topological polar surface area (TPSA) is 9.23 Å². The van der Waals surface area contributed by atoms with Crippen LogP contribution in [0.5, 0.6) is 5.75 Å². The second kappa shape index (κ2) is 7.97. The van der Waals surface area contributed by atoms with Crippen LogP contribution in [0.3, 0.4) is 0 Å². The van der Waals surface area contributed by atoms with Crippen LogP contribution in [0.25, 0.3) is 0 Å². The Morgan fingerprint density at radius 1 is 1.05 bits per heavy atom. The molecule has 0 aliphatic heterocycles. The van der Waals surface area contributed by atoms with Crippen molar-refractivity contribution in [3.63, 3.8) is 0 Å². The van der Waals surface area contributed by atoms with Gasteiger partial charge in [-0.3, -0.25) is 0 Å². The molecule has 1 aliphatic carbocycles. The molecule has 112 valence electrons. The fraction of sp³-hybridized carbons (Fsp3) is 0.667. The van der Waals surface area contributed by atoms with Gasteiger partial charge in [0.2, 0.25) is 0 Å². The van der Waals surface area contributed by atoms with Crippen LogP contribution in [-0.2, 0) is 6.42 Å². The minimum absolute atomic E-state index is 0.293. The first kappa shape index (κ1) is 15.8. The highest BCUT2D eigenvalue weighted by Gasteiger charge is 2.30. The van der Waals surface area contributed by atoms with E-state index in [0.717, 1.165) is 24.5 Å². The largest absolute Gasteiger partial charge is 0.493 e. The molecule has 2 rings (SSSR count). The third kappa shape index (κ3) is 4.44. The van der Waals surface area contributed by atoms with E-state index in [1.54, 1.807) is 0 Å². The molecule has 0 spiro atoms. The van der Waals surface area contributed by atoms with Crippen molar-refractivity contribution in [2.75, 3.05) is 12.4 Å². The van der Waals surface area contributed by atoms with E-state index < -0.39 is 0 Å². The summed E-state index contributed by atoms with van der Waals surface area (Å²) in [5.41, 5.74) is 1.69. The van der Waals surface area contributed by atoms with Crippen molar-refractivity contribution in [3.05, 3.63) is 29.8 Å². The third-order valence-corrected chi connectivity index (χ3v) is 5.18. The summed E-state index contributed by atoms with van der Waals surface area (Å²) < 4.78 is 6.08. The van der Waals surface area contributed by atoms with Gasteiger partial charge in [0.25, 0.3) is 0 Å². The van der Waals surface area contributed by atoms with Crippen LogP contribution in [-0.4, -0.2) is 12.4 Å². The normalized spacial score (nSPS) is 18.5. The van der Waals surface area contributed by atoms with Gasteiger partial charge in [0.1, 0.15) is 5.75 Å². The molecule has 2 heteroatoms. The van der Waals surface area contributed by atoms with Crippen molar-refractivity contribution in [2.45, 2.75) is 58.3 Å². The number of thiol groups is 1. The summed E-state index contributed by atoms with van der Waals surface area (Å²) in [7, 11) is 0. The molecular weight excluding hydrogens is 264 g/mol. The first-order valence-electron chi connectivity index (χ1n) is 8.11. The first-order chi connectivity index (χ1) is 9.78. The molecule has 0 heterocycles. The third-order valence-electron chi connectivity index (χ3n) is 4.51. The Labute approximate surface area is 129 Å². The lowest BCUT2D eigenvalue weighted by Gasteiger charge is -2.31. The second-order valence-electron chi connectivity index (χ2n) is 6.25. The van der Waals surface area contributed by atoms with E-state index in [0.29, 0.717) is 5.41 Å². The molecule has 1 saturated carbocycles. The van der Waals surface area contributed by atoms with E-state index in [1.807, 2.05) is 0 Å². The number of benzene rings is 1. The Morgan fingerprint density at radius 2 is 1.70 bits per heavy atom. The summed E-state index contributed by atoms with van der Waals surface area (Å²) in [6.07, 6.45) is 10.3. The summed E-state index contributed by atoms with van der Waals surface area (Å²) in [6, 6.07) is 8.63. The Balaban J connectivity index is 1.91. The predicted octanol–water partition coefficient (Wildman–Crippen LogP) is 5.29. The average Bonchev–Trinajstić information content (AvgIpc) is 2.73. The van der Waals surface area contributed by atoms with E-state index in [-0.39, 0.29) is 0 Å². The van der Waals surface area contributed by atoms with Gasteiger partial charge >= 0.3 is 0 Å². The van der Waals surface area contributed by atoms with Crippen molar-refractivity contribution in [3.8, 4) is 5.75 Å². The summed E-state index contributed by atoms with van der Waals surface area (Å²) in [5, 5.41) is 0. The van der Waals surface area contributed by atoms with Gasteiger partial charge in [-0.15, -0.1) is 0 Å². The zero-order valence-electron chi connectivity index (χ0n) is 12.7. The monoisotopic (exact) mass is 292 g/mol. The number of ether oxygens (including phenoxy) is 1. The highest BCUT2D eigenvalue weighted by Crippen LogP contribution is 2.36. The summed E-state index contributed by atoms with van der Waals surface area (Å²) in [6.45, 7) is 3.04. The molecule has 20 heavy (non-hydrogen) atoms. The van der Waals surface area contributed by atoms with Crippen molar-refractivity contribution < 1.29 is 4.74 Å². The van der Waals surface area contributed by atoms with Crippen LogP contribution in [0.15, 0.2) is 24.3 Å². The summed E-state index contributed by atoms with van der Waals surface area (Å²) in [5.74, 6) is 1.95. The summed E-state index contributed by atoms with van der Waals surface area (Å²) >= 11 is 4.61. The molecule has 0 aromatic heterocycles. The van der Waals surface area contributed by atoms with Gasteiger partial charge < -0.3 is 4.74 Å². The minimum Gasteiger partial charge on any atom is -0.493 e. The van der Waals surface area contributed by atoms with Crippen LogP contribution < -0.4 is 4.74 Å². The van der Waals surface area contributed by atoms with Gasteiger partial charge in [-0.2, -0.15) is 12.6 Å². The Morgan fingerprint density at radius 3 is 2.25 bits per heavy atom. The second-order valence-corrected chi connectivity index (χ2v) is 6.57. The zero-order chi connectivity index (χ0) is 14.3. The number of hydrogen-bond acceptors (Lipinski definition) is 2. The van der Waals surface area contributed by atoms with E-state index in [1.165, 1.54) is 50.5 Å². The highest BCUT2D eigenvalue weighted by atomic mass is 32.1. The molecular formula is C18H28OS. The molecule has 0 radical (unpaired) electrons. The molecule has 1 aromatic carbocycles. The highest BCUT2D eigenvalue weighted by molar-refractivity contribution is 7.80. The molecule has 0 amide bonds. The van der Waals surface area contributed by atoms with Crippen LogP contribution in [0, 0.1) is 5.41 Å². The lowest BCUT2D eigenvalue weighted by atomic mass is 9.83. The fourth-order valence-corrected chi connectivity index (χ4v) is 3.51. The molecule has 0 saturated heterocycles. The smallest absolute Gasteiger partial charge is 0.119 e. The molecule has 1 nitrogen and oxygen atoms in total.